The summed E-state index contributed by atoms with van der Waals surface area (Å²) in [5.74, 6) is 0.423. The number of Topliss-reactive ketones (excluding diaryl/α,β-unsaturated/α-hetero) is 1. The highest BCUT2D eigenvalue weighted by molar-refractivity contribution is 5.84. The number of hydrogen-bond acceptors (Lipinski definition) is 3. The summed E-state index contributed by atoms with van der Waals surface area (Å²) in [5.41, 5.74) is 1.05. The first-order valence-corrected chi connectivity index (χ1v) is 7.30. The molecule has 3 rings (SSSR count). The van der Waals surface area contributed by atoms with Gasteiger partial charge in [-0.1, -0.05) is 27.7 Å². The van der Waals surface area contributed by atoms with Crippen molar-refractivity contribution in [1.82, 2.24) is 4.90 Å². The zero-order valence-corrected chi connectivity index (χ0v) is 12.1. The second-order valence-corrected chi connectivity index (χ2v) is 6.88. The van der Waals surface area contributed by atoms with Crippen LogP contribution in [0.25, 0.3) is 0 Å². The molecule has 2 spiro atoms. The summed E-state index contributed by atoms with van der Waals surface area (Å²) in [6, 6.07) is 0.166. The van der Waals surface area contributed by atoms with Gasteiger partial charge in [-0.25, -0.2) is 0 Å². The molecule has 1 saturated carbocycles. The van der Waals surface area contributed by atoms with Crippen molar-refractivity contribution < 1.29 is 9.53 Å². The monoisotopic (exact) mass is 251 g/mol. The van der Waals surface area contributed by atoms with Crippen LogP contribution in [0.5, 0.6) is 0 Å². The largest absolute Gasteiger partial charge is 0.380 e. The second kappa shape index (κ2) is 3.57. The van der Waals surface area contributed by atoms with Gasteiger partial charge >= 0.3 is 0 Å². The van der Waals surface area contributed by atoms with Gasteiger partial charge in [-0.05, 0) is 18.4 Å². The van der Waals surface area contributed by atoms with Crippen molar-refractivity contribution >= 4 is 5.78 Å². The van der Waals surface area contributed by atoms with Crippen LogP contribution in [0.3, 0.4) is 0 Å². The lowest BCUT2D eigenvalue weighted by molar-refractivity contribution is -0.123. The van der Waals surface area contributed by atoms with E-state index >= 15 is 0 Å². The lowest BCUT2D eigenvalue weighted by Crippen LogP contribution is -2.37. The van der Waals surface area contributed by atoms with Crippen LogP contribution in [0.2, 0.25) is 0 Å². The summed E-state index contributed by atoms with van der Waals surface area (Å²) < 4.78 is 5.51. The smallest absolute Gasteiger partial charge is 0.149 e. The Hall–Kier alpha value is -0.410. The Morgan fingerprint density at radius 2 is 1.94 bits per heavy atom. The van der Waals surface area contributed by atoms with E-state index in [1.807, 2.05) is 6.92 Å². The Kier molecular flexibility index (Phi) is 2.50. The van der Waals surface area contributed by atoms with E-state index in [-0.39, 0.29) is 6.04 Å². The number of nitrogens with zero attached hydrogens (tertiary/aromatic N) is 1. The average molecular weight is 251 g/mol. The van der Waals surface area contributed by atoms with Crippen molar-refractivity contribution in [3.8, 4) is 0 Å². The molecule has 3 fully saturated rings. The molecule has 2 saturated heterocycles. The zero-order valence-electron chi connectivity index (χ0n) is 12.1. The number of likely N-dealkylation sites (tertiary alicyclic amines) is 1. The minimum absolute atomic E-state index is 0.166. The van der Waals surface area contributed by atoms with Crippen LogP contribution < -0.4 is 0 Å². The van der Waals surface area contributed by atoms with E-state index in [9.17, 15) is 4.79 Å². The highest BCUT2D eigenvalue weighted by Gasteiger charge is 2.86. The molecule has 2 aliphatic heterocycles. The molecule has 0 N–H and O–H groups in total. The van der Waals surface area contributed by atoms with E-state index in [0.717, 1.165) is 32.7 Å². The van der Waals surface area contributed by atoms with Crippen molar-refractivity contribution in [3.63, 3.8) is 0 Å². The molecular formula is C15H25NO2. The molecule has 0 aromatic heterocycles. The number of ether oxygens (including phenoxy) is 1. The molecule has 2 atom stereocenters. The minimum Gasteiger partial charge on any atom is -0.380 e. The molecule has 0 amide bonds. The van der Waals surface area contributed by atoms with Gasteiger partial charge in [0.05, 0.1) is 19.3 Å². The maximum atomic E-state index is 12.2. The average Bonchev–Trinajstić information content (AvgIpc) is 2.60. The normalized spacial score (nSPS) is 40.1. The van der Waals surface area contributed by atoms with Gasteiger partial charge in [-0.2, -0.15) is 0 Å². The molecular weight excluding hydrogens is 226 g/mol. The molecule has 3 aliphatic rings. The highest BCUT2D eigenvalue weighted by atomic mass is 16.5. The van der Waals surface area contributed by atoms with E-state index in [1.165, 1.54) is 0 Å². The number of hydrogen-bond donors (Lipinski definition) is 0. The third kappa shape index (κ3) is 1.11. The number of carbonyl (C=O) groups is 1. The molecule has 2 heterocycles. The molecule has 3 heteroatoms. The summed E-state index contributed by atoms with van der Waals surface area (Å²) in [6.45, 7) is 12.8. The van der Waals surface area contributed by atoms with Crippen molar-refractivity contribution in [3.05, 3.63) is 0 Å². The van der Waals surface area contributed by atoms with E-state index in [2.05, 4.69) is 25.7 Å². The third-order valence-corrected chi connectivity index (χ3v) is 6.53. The lowest BCUT2D eigenvalue weighted by atomic mass is 9.88. The Morgan fingerprint density at radius 1 is 1.28 bits per heavy atom. The Balaban J connectivity index is 1.87. The van der Waals surface area contributed by atoms with Crippen molar-refractivity contribution in [1.29, 1.82) is 0 Å². The van der Waals surface area contributed by atoms with Crippen molar-refractivity contribution in [2.24, 2.45) is 16.2 Å². The number of ketones is 1. The van der Waals surface area contributed by atoms with Gasteiger partial charge in [-0.15, -0.1) is 0 Å². The van der Waals surface area contributed by atoms with Crippen LogP contribution >= 0.6 is 0 Å². The first-order valence-electron chi connectivity index (χ1n) is 7.30. The lowest BCUT2D eigenvalue weighted by Gasteiger charge is -2.32. The number of rotatable bonds is 3. The van der Waals surface area contributed by atoms with Crippen LogP contribution in [0.1, 0.15) is 40.5 Å². The Morgan fingerprint density at radius 3 is 2.33 bits per heavy atom. The topological polar surface area (TPSA) is 29.5 Å². The summed E-state index contributed by atoms with van der Waals surface area (Å²) in [4.78, 5) is 14.6. The van der Waals surface area contributed by atoms with E-state index in [4.69, 9.17) is 4.74 Å². The van der Waals surface area contributed by atoms with E-state index < -0.39 is 0 Å². The van der Waals surface area contributed by atoms with Crippen LogP contribution in [0.4, 0.5) is 0 Å². The molecule has 102 valence electrons. The zero-order chi connectivity index (χ0) is 13.2. The molecule has 0 aromatic rings. The number of carbonyl (C=O) groups excluding carboxylic acids is 1. The fraction of sp³-hybridized carbons (Fsp3) is 0.933. The molecule has 1 aliphatic carbocycles. The standard InChI is InChI=1S/C15H25NO2/c1-5-12(17)11-7-14(8-16(11)6-2)13(3,4)15(14)9-18-10-15/h11H,5-10H2,1-4H3/t11-,14-/m0/s1. The van der Waals surface area contributed by atoms with Gasteiger partial charge < -0.3 is 4.74 Å². The maximum absolute atomic E-state index is 12.2. The van der Waals surface area contributed by atoms with E-state index in [1.54, 1.807) is 0 Å². The fourth-order valence-corrected chi connectivity index (χ4v) is 4.87. The predicted octanol–water partition coefficient (Wildman–Crippen LogP) is 2.10. The van der Waals surface area contributed by atoms with Gasteiger partial charge in [0.1, 0.15) is 5.78 Å². The molecule has 0 aromatic carbocycles. The molecule has 0 bridgehead atoms. The van der Waals surface area contributed by atoms with Crippen molar-refractivity contribution in [2.45, 2.75) is 46.6 Å². The predicted molar refractivity (Wildman–Crippen MR) is 70.4 cm³/mol. The van der Waals surface area contributed by atoms with Crippen LogP contribution in [-0.4, -0.2) is 43.0 Å². The first-order chi connectivity index (χ1) is 8.46. The first kappa shape index (κ1) is 12.6. The van der Waals surface area contributed by atoms with Gasteiger partial charge in [0.15, 0.2) is 0 Å². The fourth-order valence-electron chi connectivity index (χ4n) is 4.87. The van der Waals surface area contributed by atoms with Gasteiger partial charge in [0.25, 0.3) is 0 Å². The molecule has 0 radical (unpaired) electrons. The van der Waals surface area contributed by atoms with Crippen LogP contribution in [0, 0.1) is 16.2 Å². The Bertz CT molecular complexity index is 386. The maximum Gasteiger partial charge on any atom is 0.149 e. The second-order valence-electron chi connectivity index (χ2n) is 6.88. The van der Waals surface area contributed by atoms with Crippen molar-refractivity contribution in [2.75, 3.05) is 26.3 Å². The molecule has 18 heavy (non-hydrogen) atoms. The minimum atomic E-state index is 0.166. The summed E-state index contributed by atoms with van der Waals surface area (Å²) in [7, 11) is 0. The molecule has 0 unspecified atom stereocenters. The van der Waals surface area contributed by atoms with Crippen LogP contribution in [-0.2, 0) is 9.53 Å². The number of likely N-dealkylation sites (N-methyl/N-ethyl adjacent to an activating group) is 1. The van der Waals surface area contributed by atoms with Gasteiger partial charge in [0, 0.05) is 23.8 Å². The SMILES string of the molecule is CCC(=O)[C@@H]1C[C@]2(CN1CC)C(C)(C)C21COC1. The Labute approximate surface area is 110 Å². The summed E-state index contributed by atoms with van der Waals surface area (Å²) >= 11 is 0. The third-order valence-electron chi connectivity index (χ3n) is 6.53. The molecule has 3 nitrogen and oxygen atoms in total. The van der Waals surface area contributed by atoms with E-state index in [0.29, 0.717) is 28.4 Å². The summed E-state index contributed by atoms with van der Waals surface area (Å²) in [6.07, 6.45) is 1.73. The van der Waals surface area contributed by atoms with Crippen LogP contribution in [0.15, 0.2) is 0 Å². The summed E-state index contributed by atoms with van der Waals surface area (Å²) in [5, 5.41) is 0. The van der Waals surface area contributed by atoms with Gasteiger partial charge in [0.2, 0.25) is 0 Å². The highest BCUT2D eigenvalue weighted by Crippen LogP contribution is 2.84. The van der Waals surface area contributed by atoms with Gasteiger partial charge in [-0.3, -0.25) is 9.69 Å². The quantitative estimate of drug-likeness (QED) is 0.769. The number of fused-ring (bicyclic) bond motifs is 1.